The Morgan fingerprint density at radius 3 is 1.91 bits per heavy atom. The molecule has 2 aliphatic heterocycles. The minimum atomic E-state index is -5.08. The van der Waals surface area contributed by atoms with Crippen LogP contribution in [0, 0.1) is 5.92 Å². The molecule has 1 aromatic carbocycles. The van der Waals surface area contributed by atoms with Gasteiger partial charge in [0.1, 0.15) is 0 Å². The number of rotatable bonds is 3. The largest absolute Gasteiger partial charge is 0.490 e. The lowest BCUT2D eigenvalue weighted by Gasteiger charge is -2.41. The Hall–Kier alpha value is -2.62. The molecule has 2 N–H and O–H groups in total. The van der Waals surface area contributed by atoms with Gasteiger partial charge in [0, 0.05) is 42.3 Å². The molecule has 0 spiro atoms. The highest BCUT2D eigenvalue weighted by Crippen LogP contribution is 2.24. The predicted molar refractivity (Wildman–Crippen MR) is 126 cm³/mol. The van der Waals surface area contributed by atoms with E-state index in [1.807, 2.05) is 25.7 Å². The Labute approximate surface area is 204 Å². The molecule has 1 unspecified atom stereocenters. The third-order valence-corrected chi connectivity index (χ3v) is 6.08. The maximum atomic E-state index is 12.9. The van der Waals surface area contributed by atoms with Crippen LogP contribution in [0.15, 0.2) is 24.3 Å². The number of carbonyl (C=O) groups is 3. The summed E-state index contributed by atoms with van der Waals surface area (Å²) in [7, 11) is 0. The minimum Gasteiger partial charge on any atom is -0.475 e. The first-order valence-electron chi connectivity index (χ1n) is 11.9. The van der Waals surface area contributed by atoms with Crippen molar-refractivity contribution in [1.82, 2.24) is 15.1 Å². The van der Waals surface area contributed by atoms with Gasteiger partial charge >= 0.3 is 12.1 Å². The summed E-state index contributed by atoms with van der Waals surface area (Å²) in [5, 5.41) is 10.1. The zero-order valence-electron chi connectivity index (χ0n) is 20.8. The fourth-order valence-electron chi connectivity index (χ4n) is 4.35. The van der Waals surface area contributed by atoms with Crippen LogP contribution >= 0.6 is 0 Å². The molecule has 35 heavy (non-hydrogen) atoms. The average Bonchev–Trinajstić information content (AvgIpc) is 2.77. The van der Waals surface area contributed by atoms with Crippen molar-refractivity contribution in [2.75, 3.05) is 26.2 Å². The standard InChI is InChI=1S/C23H35N3O2.C2HF3O2/c1-17-6-5-13-26(16-17)20-11-14-25(15-12-20)22(28)19-9-7-18(8-10-19)21(27)24-23(2,3)4;3-2(4,5)1(6)7/h7-10,17,20H,5-6,11-16H2,1-4H3,(H,24,27);(H,6,7). The van der Waals surface area contributed by atoms with Crippen LogP contribution in [0.2, 0.25) is 0 Å². The van der Waals surface area contributed by atoms with Crippen LogP contribution in [0.5, 0.6) is 0 Å². The molecular formula is C25H36F3N3O4. The maximum Gasteiger partial charge on any atom is 0.490 e. The second-order valence-electron chi connectivity index (χ2n) is 10.4. The van der Waals surface area contributed by atoms with Crippen molar-refractivity contribution < 1.29 is 32.7 Å². The fraction of sp³-hybridized carbons (Fsp3) is 0.640. The minimum absolute atomic E-state index is 0.0771. The average molecular weight is 500 g/mol. The summed E-state index contributed by atoms with van der Waals surface area (Å²) >= 11 is 0. The molecule has 1 atom stereocenters. The number of benzene rings is 1. The van der Waals surface area contributed by atoms with Crippen LogP contribution in [0.3, 0.4) is 0 Å². The quantitative estimate of drug-likeness (QED) is 0.651. The van der Waals surface area contributed by atoms with E-state index in [4.69, 9.17) is 9.90 Å². The first-order valence-corrected chi connectivity index (χ1v) is 11.9. The first kappa shape index (κ1) is 28.6. The van der Waals surface area contributed by atoms with Crippen molar-refractivity contribution in [2.24, 2.45) is 5.92 Å². The summed E-state index contributed by atoms with van der Waals surface area (Å²) in [5.41, 5.74) is 0.976. The Kier molecular flexibility index (Phi) is 9.71. The van der Waals surface area contributed by atoms with Crippen molar-refractivity contribution in [2.45, 2.75) is 71.1 Å². The summed E-state index contributed by atoms with van der Waals surface area (Å²) in [6, 6.07) is 7.67. The zero-order valence-corrected chi connectivity index (χ0v) is 20.8. The maximum absolute atomic E-state index is 12.9. The predicted octanol–water partition coefficient (Wildman–Crippen LogP) is 4.18. The monoisotopic (exact) mass is 499 g/mol. The van der Waals surface area contributed by atoms with Crippen LogP contribution in [0.25, 0.3) is 0 Å². The normalized spacial score (nSPS) is 20.0. The lowest BCUT2D eigenvalue weighted by Crippen LogP contribution is -2.49. The summed E-state index contributed by atoms with van der Waals surface area (Å²) in [5.74, 6) is -1.99. The molecule has 10 heteroatoms. The Balaban J connectivity index is 0.000000540. The van der Waals surface area contributed by atoms with Crippen molar-refractivity contribution in [3.8, 4) is 0 Å². The summed E-state index contributed by atoms with van der Waals surface area (Å²) in [6.45, 7) is 12.3. The van der Waals surface area contributed by atoms with Gasteiger partial charge in [-0.25, -0.2) is 4.79 Å². The number of carboxylic acids is 1. The molecule has 0 bridgehead atoms. The lowest BCUT2D eigenvalue weighted by molar-refractivity contribution is -0.192. The molecule has 0 saturated carbocycles. The van der Waals surface area contributed by atoms with Gasteiger partial charge in [-0.15, -0.1) is 0 Å². The highest BCUT2D eigenvalue weighted by Gasteiger charge is 2.38. The van der Waals surface area contributed by atoms with Gasteiger partial charge in [-0.3, -0.25) is 14.5 Å². The molecule has 196 valence electrons. The molecule has 7 nitrogen and oxygen atoms in total. The number of aliphatic carboxylic acids is 1. The number of likely N-dealkylation sites (tertiary alicyclic amines) is 2. The number of alkyl halides is 3. The van der Waals surface area contributed by atoms with E-state index in [9.17, 15) is 22.8 Å². The fourth-order valence-corrected chi connectivity index (χ4v) is 4.35. The van der Waals surface area contributed by atoms with E-state index in [-0.39, 0.29) is 17.4 Å². The van der Waals surface area contributed by atoms with Gasteiger partial charge in [0.25, 0.3) is 11.8 Å². The van der Waals surface area contributed by atoms with E-state index in [1.54, 1.807) is 24.3 Å². The van der Waals surface area contributed by atoms with Gasteiger partial charge in [0.05, 0.1) is 0 Å². The molecule has 2 aliphatic rings. The molecule has 0 aromatic heterocycles. The number of halogens is 3. The van der Waals surface area contributed by atoms with Gasteiger partial charge in [-0.1, -0.05) is 6.92 Å². The van der Waals surface area contributed by atoms with E-state index >= 15 is 0 Å². The molecule has 2 saturated heterocycles. The van der Waals surface area contributed by atoms with Gasteiger partial charge in [0.2, 0.25) is 0 Å². The van der Waals surface area contributed by atoms with Crippen LogP contribution in [-0.2, 0) is 4.79 Å². The number of hydrogen-bond acceptors (Lipinski definition) is 4. The third kappa shape index (κ3) is 9.16. The van der Waals surface area contributed by atoms with E-state index < -0.39 is 12.1 Å². The number of carboxylic acid groups (broad SMARTS) is 1. The molecule has 2 amide bonds. The van der Waals surface area contributed by atoms with Gasteiger partial charge < -0.3 is 15.3 Å². The molecule has 2 fully saturated rings. The van der Waals surface area contributed by atoms with E-state index in [0.29, 0.717) is 17.2 Å². The summed E-state index contributed by atoms with van der Waals surface area (Å²) < 4.78 is 31.7. The van der Waals surface area contributed by atoms with Crippen molar-refractivity contribution in [3.63, 3.8) is 0 Å². The van der Waals surface area contributed by atoms with E-state index in [2.05, 4.69) is 17.1 Å². The molecule has 0 aliphatic carbocycles. The zero-order chi connectivity index (χ0) is 26.4. The number of carbonyl (C=O) groups excluding carboxylic acids is 2. The Morgan fingerprint density at radius 2 is 1.46 bits per heavy atom. The second-order valence-corrected chi connectivity index (χ2v) is 10.4. The molecule has 1 aromatic rings. The summed E-state index contributed by atoms with van der Waals surface area (Å²) in [6.07, 6.45) is -0.317. The van der Waals surface area contributed by atoms with E-state index in [1.165, 1.54) is 25.9 Å². The second kappa shape index (κ2) is 11.9. The van der Waals surface area contributed by atoms with Crippen LogP contribution in [-0.4, -0.2) is 76.6 Å². The highest BCUT2D eigenvalue weighted by molar-refractivity contribution is 5.98. The van der Waals surface area contributed by atoms with Crippen molar-refractivity contribution >= 4 is 17.8 Å². The van der Waals surface area contributed by atoms with Crippen LogP contribution in [0.4, 0.5) is 13.2 Å². The first-order chi connectivity index (χ1) is 16.2. The Bertz CT molecular complexity index is 873. The number of nitrogens with one attached hydrogen (secondary N) is 1. The molecule has 3 rings (SSSR count). The van der Waals surface area contributed by atoms with Crippen molar-refractivity contribution in [3.05, 3.63) is 35.4 Å². The molecular weight excluding hydrogens is 463 g/mol. The third-order valence-electron chi connectivity index (χ3n) is 6.08. The highest BCUT2D eigenvalue weighted by atomic mass is 19.4. The Morgan fingerprint density at radius 1 is 0.943 bits per heavy atom. The SMILES string of the molecule is CC1CCCN(C2CCN(C(=O)c3ccc(C(=O)NC(C)(C)C)cc3)CC2)C1.O=C(O)C(F)(F)F. The number of hydrogen-bond donors (Lipinski definition) is 2. The van der Waals surface area contributed by atoms with E-state index in [0.717, 1.165) is 31.8 Å². The molecule has 0 radical (unpaired) electrons. The summed E-state index contributed by atoms with van der Waals surface area (Å²) in [4.78, 5) is 38.6. The number of nitrogens with zero attached hydrogens (tertiary/aromatic N) is 2. The van der Waals surface area contributed by atoms with Gasteiger partial charge in [-0.05, 0) is 83.2 Å². The van der Waals surface area contributed by atoms with Gasteiger partial charge in [-0.2, -0.15) is 13.2 Å². The number of piperidine rings is 2. The van der Waals surface area contributed by atoms with Crippen molar-refractivity contribution in [1.29, 1.82) is 0 Å². The number of amides is 2. The lowest BCUT2D eigenvalue weighted by atomic mass is 9.95. The van der Waals surface area contributed by atoms with Gasteiger partial charge in [0.15, 0.2) is 0 Å². The van der Waals surface area contributed by atoms with Crippen LogP contribution < -0.4 is 5.32 Å². The van der Waals surface area contributed by atoms with Crippen LogP contribution in [0.1, 0.15) is 74.1 Å². The topological polar surface area (TPSA) is 90.0 Å². The molecule has 2 heterocycles. The smallest absolute Gasteiger partial charge is 0.475 e.